The van der Waals surface area contributed by atoms with Crippen LogP contribution >= 0.6 is 0 Å². The predicted octanol–water partition coefficient (Wildman–Crippen LogP) is 2.95. The van der Waals surface area contributed by atoms with Crippen molar-refractivity contribution < 1.29 is 23.9 Å². The van der Waals surface area contributed by atoms with Crippen LogP contribution in [0.3, 0.4) is 0 Å². The second-order valence-corrected chi connectivity index (χ2v) is 6.84. The molecule has 2 atom stereocenters. The number of hydrogen-bond acceptors (Lipinski definition) is 6. The van der Waals surface area contributed by atoms with E-state index < -0.39 is 29.5 Å². The smallest absolute Gasteiger partial charge is 0.325 e. The highest BCUT2D eigenvalue weighted by atomic mass is 16.7. The molecule has 2 bridgehead atoms. The minimum Gasteiger partial charge on any atom is -0.468 e. The Morgan fingerprint density at radius 3 is 2.22 bits per heavy atom. The van der Waals surface area contributed by atoms with E-state index in [0.29, 0.717) is 6.54 Å². The van der Waals surface area contributed by atoms with Crippen molar-refractivity contribution in [1.82, 2.24) is 5.06 Å². The summed E-state index contributed by atoms with van der Waals surface area (Å²) in [7, 11) is 2.59. The van der Waals surface area contributed by atoms with E-state index in [0.717, 1.165) is 16.7 Å². The first-order chi connectivity index (χ1) is 13.1. The Hall–Kier alpha value is -2.70. The number of fused-ring (bicyclic) bond motifs is 2. The van der Waals surface area contributed by atoms with E-state index in [9.17, 15) is 9.59 Å². The molecule has 2 unspecified atom stereocenters. The van der Waals surface area contributed by atoms with Crippen LogP contribution in [0.25, 0.3) is 0 Å². The SMILES string of the molecule is COC(=O)C1(C(=O)OC)CC2ON(Cc3ccccc3)C1c1ccccc12. The van der Waals surface area contributed by atoms with Gasteiger partial charge in [-0.15, -0.1) is 0 Å². The Bertz CT molecular complexity index is 850. The average molecular weight is 367 g/mol. The van der Waals surface area contributed by atoms with Gasteiger partial charge in [-0.1, -0.05) is 54.6 Å². The molecule has 0 N–H and O–H groups in total. The van der Waals surface area contributed by atoms with E-state index in [4.69, 9.17) is 14.3 Å². The first-order valence-corrected chi connectivity index (χ1v) is 8.85. The largest absolute Gasteiger partial charge is 0.468 e. The molecule has 6 heteroatoms. The summed E-state index contributed by atoms with van der Waals surface area (Å²) in [4.78, 5) is 31.9. The molecule has 6 nitrogen and oxygen atoms in total. The summed E-state index contributed by atoms with van der Waals surface area (Å²) >= 11 is 0. The lowest BCUT2D eigenvalue weighted by Gasteiger charge is -2.53. The number of benzene rings is 2. The van der Waals surface area contributed by atoms with Crippen LogP contribution in [0.5, 0.6) is 0 Å². The molecule has 0 saturated carbocycles. The summed E-state index contributed by atoms with van der Waals surface area (Å²) in [6.07, 6.45) is -0.229. The van der Waals surface area contributed by atoms with Crippen molar-refractivity contribution in [3.63, 3.8) is 0 Å². The molecule has 2 aromatic rings. The van der Waals surface area contributed by atoms with Crippen LogP contribution in [0.2, 0.25) is 0 Å². The maximum Gasteiger partial charge on any atom is 0.325 e. The van der Waals surface area contributed by atoms with E-state index in [1.165, 1.54) is 14.2 Å². The third-order valence-electron chi connectivity index (χ3n) is 5.44. The highest BCUT2D eigenvalue weighted by Gasteiger charge is 2.65. The second kappa shape index (κ2) is 6.79. The predicted molar refractivity (Wildman–Crippen MR) is 96.1 cm³/mol. The molecule has 0 amide bonds. The maximum atomic E-state index is 12.9. The Morgan fingerprint density at radius 2 is 1.59 bits per heavy atom. The maximum absolute atomic E-state index is 12.9. The van der Waals surface area contributed by atoms with Gasteiger partial charge in [-0.2, -0.15) is 5.06 Å². The molecule has 0 aromatic heterocycles. The van der Waals surface area contributed by atoms with Crippen LogP contribution in [-0.4, -0.2) is 31.2 Å². The van der Waals surface area contributed by atoms with E-state index in [1.807, 2.05) is 54.6 Å². The van der Waals surface area contributed by atoms with Crippen LogP contribution in [0.4, 0.5) is 0 Å². The first kappa shape index (κ1) is 17.7. The fraction of sp³-hybridized carbons (Fsp3) is 0.333. The van der Waals surface area contributed by atoms with Gasteiger partial charge in [0, 0.05) is 13.0 Å². The molecular weight excluding hydrogens is 346 g/mol. The van der Waals surface area contributed by atoms with Crippen molar-refractivity contribution >= 4 is 11.9 Å². The molecule has 0 spiro atoms. The van der Waals surface area contributed by atoms with Crippen molar-refractivity contribution in [1.29, 1.82) is 0 Å². The minimum atomic E-state index is -1.46. The van der Waals surface area contributed by atoms with E-state index in [1.54, 1.807) is 5.06 Å². The molecule has 1 aliphatic carbocycles. The molecule has 2 aliphatic heterocycles. The standard InChI is InChI=1S/C21H21NO5/c1-25-19(23)21(20(24)26-2)12-17-15-10-6-7-11-16(15)18(21)22(27-17)13-14-8-4-3-5-9-14/h3-11,17-18H,12-13H2,1-2H3. The fourth-order valence-corrected chi connectivity index (χ4v) is 4.28. The molecule has 3 aliphatic rings. The molecule has 27 heavy (non-hydrogen) atoms. The molecule has 1 fully saturated rings. The summed E-state index contributed by atoms with van der Waals surface area (Å²) in [5, 5.41) is 1.72. The Balaban J connectivity index is 1.85. The van der Waals surface area contributed by atoms with Crippen LogP contribution in [-0.2, 0) is 30.4 Å². The number of hydroxylamine groups is 2. The molecule has 0 radical (unpaired) electrons. The van der Waals surface area contributed by atoms with Gasteiger partial charge in [-0.25, -0.2) is 0 Å². The van der Waals surface area contributed by atoms with Crippen LogP contribution < -0.4 is 0 Å². The second-order valence-electron chi connectivity index (χ2n) is 6.84. The third kappa shape index (κ3) is 2.64. The lowest BCUT2D eigenvalue weighted by molar-refractivity contribution is -0.305. The van der Waals surface area contributed by atoms with Gasteiger partial charge in [-0.3, -0.25) is 14.4 Å². The minimum absolute atomic E-state index is 0.194. The Labute approximate surface area is 157 Å². The van der Waals surface area contributed by atoms with Gasteiger partial charge < -0.3 is 9.47 Å². The third-order valence-corrected chi connectivity index (χ3v) is 5.44. The van der Waals surface area contributed by atoms with Gasteiger partial charge in [0.15, 0.2) is 5.41 Å². The van der Waals surface area contributed by atoms with Crippen molar-refractivity contribution in [2.75, 3.05) is 14.2 Å². The zero-order valence-electron chi connectivity index (χ0n) is 15.3. The Morgan fingerprint density at radius 1 is 1.00 bits per heavy atom. The van der Waals surface area contributed by atoms with Gasteiger partial charge in [0.05, 0.1) is 20.3 Å². The van der Waals surface area contributed by atoms with Gasteiger partial charge in [0.1, 0.15) is 6.10 Å². The van der Waals surface area contributed by atoms with E-state index in [-0.39, 0.29) is 6.42 Å². The first-order valence-electron chi connectivity index (χ1n) is 8.85. The average Bonchev–Trinajstić information content (AvgIpc) is 2.73. The van der Waals surface area contributed by atoms with Crippen molar-refractivity contribution in [3.05, 3.63) is 71.3 Å². The summed E-state index contributed by atoms with van der Waals surface area (Å²) in [6.45, 7) is 0.437. The number of methoxy groups -OCH3 is 2. The summed E-state index contributed by atoms with van der Waals surface area (Å²) in [6, 6.07) is 16.9. The number of hydrogen-bond donors (Lipinski definition) is 0. The van der Waals surface area contributed by atoms with Gasteiger partial charge in [0.25, 0.3) is 0 Å². The quantitative estimate of drug-likeness (QED) is 0.612. The van der Waals surface area contributed by atoms with Gasteiger partial charge in [0.2, 0.25) is 0 Å². The number of carbonyl (C=O) groups excluding carboxylic acids is 2. The molecule has 2 heterocycles. The Kier molecular flexibility index (Phi) is 4.45. The normalized spacial score (nSPS) is 22.7. The number of nitrogens with zero attached hydrogens (tertiary/aromatic N) is 1. The summed E-state index contributed by atoms with van der Waals surface area (Å²) < 4.78 is 10.1. The zero-order valence-corrected chi connectivity index (χ0v) is 15.3. The fourth-order valence-electron chi connectivity index (χ4n) is 4.28. The molecule has 1 saturated heterocycles. The van der Waals surface area contributed by atoms with E-state index >= 15 is 0 Å². The topological polar surface area (TPSA) is 65.1 Å². The van der Waals surface area contributed by atoms with E-state index in [2.05, 4.69) is 0 Å². The highest BCUT2D eigenvalue weighted by Crippen LogP contribution is 2.58. The molecule has 140 valence electrons. The lowest BCUT2D eigenvalue weighted by atomic mass is 9.65. The number of esters is 2. The van der Waals surface area contributed by atoms with Crippen molar-refractivity contribution in [2.45, 2.75) is 25.1 Å². The number of carbonyl (C=O) groups is 2. The monoisotopic (exact) mass is 367 g/mol. The number of ether oxygens (including phenoxy) is 2. The lowest BCUT2D eigenvalue weighted by Crippen LogP contribution is -2.59. The summed E-state index contributed by atoms with van der Waals surface area (Å²) in [5.74, 6) is -1.19. The number of rotatable bonds is 4. The summed E-state index contributed by atoms with van der Waals surface area (Å²) in [5.41, 5.74) is 1.45. The van der Waals surface area contributed by atoms with Gasteiger partial charge >= 0.3 is 11.9 Å². The van der Waals surface area contributed by atoms with Crippen LogP contribution in [0.15, 0.2) is 54.6 Å². The van der Waals surface area contributed by atoms with Crippen LogP contribution in [0, 0.1) is 5.41 Å². The van der Waals surface area contributed by atoms with Gasteiger partial charge in [-0.05, 0) is 16.7 Å². The molecule has 2 aromatic carbocycles. The highest BCUT2D eigenvalue weighted by molar-refractivity contribution is 6.01. The zero-order chi connectivity index (χ0) is 19.0. The molecular formula is C21H21NO5. The van der Waals surface area contributed by atoms with Crippen molar-refractivity contribution in [2.24, 2.45) is 5.41 Å². The molecule has 5 rings (SSSR count). The van der Waals surface area contributed by atoms with Crippen molar-refractivity contribution in [3.8, 4) is 0 Å². The van der Waals surface area contributed by atoms with Crippen LogP contribution in [0.1, 0.15) is 35.3 Å².